The molecule has 20 fully saturated rings. The first kappa shape index (κ1) is 96.8. The van der Waals surface area contributed by atoms with E-state index in [1.54, 1.807) is 41.5 Å². The number of aliphatic hydroxyl groups excluding tert-OH is 3. The maximum atomic E-state index is 12.3. The summed E-state index contributed by atoms with van der Waals surface area (Å²) in [5.74, 6) is -12.1. The van der Waals surface area contributed by atoms with Gasteiger partial charge in [-0.15, -0.1) is 0 Å². The van der Waals surface area contributed by atoms with Gasteiger partial charge in [0.05, 0.1) is 43.7 Å². The number of carbonyl (C=O) groups is 12. The fourth-order valence-electron chi connectivity index (χ4n) is 18.0. The van der Waals surface area contributed by atoms with Crippen molar-refractivity contribution in [2.45, 2.75) is 366 Å². The van der Waals surface area contributed by atoms with Crippen molar-refractivity contribution in [3.63, 3.8) is 0 Å². The molecule has 0 radical (unpaired) electrons. The summed E-state index contributed by atoms with van der Waals surface area (Å²) in [5, 5.41) is 27.5. The van der Waals surface area contributed by atoms with Gasteiger partial charge in [0, 0.05) is 48.0 Å². The number of esters is 12. The molecule has 30 atom stereocenters. The Morgan fingerprint density at radius 1 is 0.328 bits per heavy atom. The minimum Gasteiger partial charge on any atom is -0.454 e. The number of rotatable bonds is 16. The largest absolute Gasteiger partial charge is 0.454 e. The summed E-state index contributed by atoms with van der Waals surface area (Å²) in [6.07, 6.45) is -12.6. The molecule has 2 aliphatic carbocycles. The maximum absolute atomic E-state index is 12.3. The van der Waals surface area contributed by atoms with Gasteiger partial charge in [-0.1, -0.05) is 65.2 Å². The molecular formula is C86H108O45. The third-order valence-electron chi connectivity index (χ3n) is 24.3. The molecule has 0 aromatic heterocycles. The van der Waals surface area contributed by atoms with Crippen LogP contribution in [0.1, 0.15) is 146 Å². The Balaban J connectivity index is 0.000000121. The molecule has 18 saturated heterocycles. The number of carbonyl (C=O) groups excluding carboxylic acids is 12. The lowest BCUT2D eigenvalue weighted by atomic mass is 9.94. The molecule has 18 aliphatic heterocycles. The van der Waals surface area contributed by atoms with Crippen LogP contribution in [0.4, 0.5) is 0 Å². The molecule has 2 spiro atoms. The zero-order valence-corrected chi connectivity index (χ0v) is 73.4. The number of aliphatic hydroxyl groups is 3. The van der Waals surface area contributed by atoms with Crippen LogP contribution in [0.2, 0.25) is 0 Å². The number of hydrogen-bond donors (Lipinski definition) is 3. The van der Waals surface area contributed by atoms with E-state index in [1.165, 1.54) is 40.5 Å². The average molecular weight is 1860 g/mol. The predicted molar refractivity (Wildman–Crippen MR) is 417 cm³/mol. The Labute approximate surface area is 748 Å². The minimum absolute atomic E-state index is 0.0892. The highest BCUT2D eigenvalue weighted by Gasteiger charge is 2.71. The molecule has 20 aliphatic rings. The van der Waals surface area contributed by atoms with E-state index in [0.29, 0.717) is 26.1 Å². The van der Waals surface area contributed by atoms with E-state index < -0.39 is 291 Å². The Bertz CT molecular complexity index is 4410. The van der Waals surface area contributed by atoms with Gasteiger partial charge in [0.15, 0.2) is 134 Å². The van der Waals surface area contributed by atoms with Crippen LogP contribution < -0.4 is 0 Å². The SMILES string of the molecule is C=C(C)C(=O)OC1C(=O)OC2C(O)C(O)OC12.C=C(C)C(=O)OC1C(=O)OC2C3OC(C)(C)OC3OC12.C=C(C)C(=O)OC1C(=O)OC2C3OC4(CCCCC4)OC3OC12.C=C(C)C(=O)OC1C(=O)OC2C3OC4(CCOCC4)OC3OC12.C=C(CO)C(=O)OC1C(=O)OC2C3OC(C)(C)OC3OC12.C=C(COC1CCCCC1)C(=O)OC1C(=O)OC2C3OC(C)(C)OC3OC12. The van der Waals surface area contributed by atoms with E-state index in [4.69, 9.17) is 147 Å². The molecule has 0 bridgehead atoms. The summed E-state index contributed by atoms with van der Waals surface area (Å²) in [5.41, 5.74) is 0.760. The molecular weight excluding hydrogens is 1750 g/mol. The first-order chi connectivity index (χ1) is 61.8. The Hall–Kier alpha value is -8.76. The molecule has 45 nitrogen and oxygen atoms in total. The molecule has 131 heavy (non-hydrogen) atoms. The van der Waals surface area contributed by atoms with Crippen molar-refractivity contribution >= 4 is 71.6 Å². The van der Waals surface area contributed by atoms with E-state index in [9.17, 15) is 67.7 Å². The van der Waals surface area contributed by atoms with Crippen molar-refractivity contribution in [1.29, 1.82) is 0 Å². The second-order valence-corrected chi connectivity index (χ2v) is 35.9. The third kappa shape index (κ3) is 20.2. The summed E-state index contributed by atoms with van der Waals surface area (Å²) in [6, 6.07) is 0. The van der Waals surface area contributed by atoms with Crippen LogP contribution in [0.15, 0.2) is 72.9 Å². The fraction of sp³-hybridized carbons (Fsp3) is 0.721. The highest BCUT2D eigenvalue weighted by atomic mass is 16.9. The monoisotopic (exact) mass is 1860 g/mol. The standard InChI is InChI=1S/C19H26O8.C16H20O7.C15H18O8.C13H16O8.C13H16O7.C10H12O7/c1-10(9-22-11-7-5-4-6-8-11)16(20)24-14-12-13(23-17(14)21)15-18(25-12)27-19(2,3)26-15;1-8(2)13(17)20-11-9-10(19-14(11)18)12-15(21-9)23-16(22-12)6-4-3-5-7-16;1-7(2)12(16)20-10-8-9(19-13(10)17)11-14(21-8)23-15(22-11)3-5-18-6-4-15;1-5(4-14)10(15)18-8-6-7(17-11(8)16)9-12(19-6)21-13(2,3)20-9;1-5(2)10(14)17-8-6-7(16-11(8)15)9-12(18-6)20-13(3,4)19-9;1-3(2)8(12)17-7-6-5(15-10(7)14)4(11)9(13)16-6/h11-15,18H,1,4-9H2,2-3H3;9-12,15H,1,3-7H2,2H3;8-11,14H,1,3-6H2,2H3;6-9,12,14H,1,4H2,2-3H3;6-9,12H,1H2,2-4H3;4-7,9,11,13H,1H2,2H3. The lowest BCUT2D eigenvalue weighted by molar-refractivity contribution is -0.259. The molecule has 2 saturated carbocycles. The summed E-state index contributed by atoms with van der Waals surface area (Å²) in [7, 11) is 0. The minimum atomic E-state index is -1.45. The normalized spacial score (nSPS) is 39.7. The van der Waals surface area contributed by atoms with Gasteiger partial charge >= 0.3 is 71.6 Å². The highest BCUT2D eigenvalue weighted by Crippen LogP contribution is 2.52. The predicted octanol–water partition coefficient (Wildman–Crippen LogP) is 0.855. The van der Waals surface area contributed by atoms with Crippen LogP contribution in [-0.4, -0.2) is 333 Å². The van der Waals surface area contributed by atoms with E-state index in [-0.39, 0.29) is 46.1 Å². The molecule has 0 amide bonds. The van der Waals surface area contributed by atoms with Gasteiger partial charge in [0.25, 0.3) is 0 Å². The maximum Gasteiger partial charge on any atom is 0.350 e. The van der Waals surface area contributed by atoms with E-state index >= 15 is 0 Å². The molecule has 45 heteroatoms. The summed E-state index contributed by atoms with van der Waals surface area (Å²) >= 11 is 0. The van der Waals surface area contributed by atoms with Gasteiger partial charge in [-0.25, -0.2) is 57.5 Å². The summed E-state index contributed by atoms with van der Waals surface area (Å²) < 4.78 is 164. The van der Waals surface area contributed by atoms with Crippen LogP contribution in [0.3, 0.4) is 0 Å². The van der Waals surface area contributed by atoms with Crippen LogP contribution in [0.25, 0.3) is 0 Å². The summed E-state index contributed by atoms with van der Waals surface area (Å²) in [6.45, 7) is 37.9. The first-order valence-corrected chi connectivity index (χ1v) is 43.2. The van der Waals surface area contributed by atoms with Gasteiger partial charge in [-0.05, 0) is 94.9 Å². The second kappa shape index (κ2) is 38.2. The van der Waals surface area contributed by atoms with Crippen molar-refractivity contribution in [1.82, 2.24) is 0 Å². The van der Waals surface area contributed by atoms with Gasteiger partial charge < -0.3 is 157 Å². The van der Waals surface area contributed by atoms with Crippen molar-refractivity contribution in [2.24, 2.45) is 0 Å². The number of ether oxygens (including phenoxy) is 30. The van der Waals surface area contributed by atoms with Crippen LogP contribution in [0, 0.1) is 0 Å². The topological polar surface area (TPSA) is 542 Å². The molecule has 20 rings (SSSR count). The van der Waals surface area contributed by atoms with E-state index in [2.05, 4.69) is 39.5 Å². The number of fused-ring (bicyclic) bond motifs is 16. The molecule has 722 valence electrons. The Morgan fingerprint density at radius 3 is 0.924 bits per heavy atom. The molecule has 0 aromatic rings. The molecule has 0 aromatic carbocycles. The van der Waals surface area contributed by atoms with E-state index in [0.717, 1.165) is 51.4 Å². The lowest BCUT2D eigenvalue weighted by Crippen LogP contribution is -2.42. The van der Waals surface area contributed by atoms with Gasteiger partial charge in [0.2, 0.25) is 36.6 Å². The average Bonchev–Trinajstić information content (AvgIpc) is 1.58. The van der Waals surface area contributed by atoms with Crippen LogP contribution in [0.5, 0.6) is 0 Å². The molecule has 30 unspecified atom stereocenters. The zero-order chi connectivity index (χ0) is 94.3. The van der Waals surface area contributed by atoms with Crippen LogP contribution in [-0.2, 0) is 200 Å². The number of hydrogen-bond acceptors (Lipinski definition) is 45. The highest BCUT2D eigenvalue weighted by molar-refractivity contribution is 5.94. The van der Waals surface area contributed by atoms with Gasteiger partial charge in [-0.3, -0.25) is 0 Å². The van der Waals surface area contributed by atoms with Crippen molar-refractivity contribution in [2.75, 3.05) is 26.4 Å². The smallest absolute Gasteiger partial charge is 0.350 e. The van der Waals surface area contributed by atoms with Gasteiger partial charge in [0.1, 0.15) is 42.7 Å². The van der Waals surface area contributed by atoms with Gasteiger partial charge in [-0.2, -0.15) is 0 Å². The molecule has 3 N–H and O–H groups in total. The third-order valence-corrected chi connectivity index (χ3v) is 24.3. The van der Waals surface area contributed by atoms with Crippen LogP contribution >= 0.6 is 0 Å². The second-order valence-electron chi connectivity index (χ2n) is 35.9. The summed E-state index contributed by atoms with van der Waals surface area (Å²) in [4.78, 5) is 141. The Kier molecular flexibility index (Phi) is 28.2. The van der Waals surface area contributed by atoms with Crippen molar-refractivity contribution in [3.05, 3.63) is 72.9 Å². The fourth-order valence-corrected chi connectivity index (χ4v) is 18.0. The molecule has 18 heterocycles. The van der Waals surface area contributed by atoms with Crippen molar-refractivity contribution in [3.8, 4) is 0 Å². The quantitative estimate of drug-likeness (QED) is 0.110. The Morgan fingerprint density at radius 2 is 0.603 bits per heavy atom. The van der Waals surface area contributed by atoms with E-state index in [1.807, 2.05) is 0 Å². The lowest BCUT2D eigenvalue weighted by Gasteiger charge is -2.33. The first-order valence-electron chi connectivity index (χ1n) is 43.2. The van der Waals surface area contributed by atoms with Crippen molar-refractivity contribution < 1.29 is 215 Å². The zero-order valence-electron chi connectivity index (χ0n) is 73.4.